The quantitative estimate of drug-likeness (QED) is 0.468. The van der Waals surface area contributed by atoms with Crippen LogP contribution < -0.4 is 10.6 Å². The number of benzene rings is 2. The summed E-state index contributed by atoms with van der Waals surface area (Å²) in [6.45, 7) is 1.88. The number of carbonyl (C=O) groups is 3. The van der Waals surface area contributed by atoms with E-state index in [4.69, 9.17) is 0 Å². The van der Waals surface area contributed by atoms with Gasteiger partial charge in [0.15, 0.2) is 0 Å². The number of imide groups is 1. The van der Waals surface area contributed by atoms with E-state index in [9.17, 15) is 14.4 Å². The minimum atomic E-state index is -0.827. The van der Waals surface area contributed by atoms with Crippen LogP contribution in [-0.2, 0) is 15.3 Å². The van der Waals surface area contributed by atoms with Crippen LogP contribution in [0.15, 0.2) is 59.5 Å². The predicted octanol–water partition coefficient (Wildman–Crippen LogP) is 4.81. The molecule has 0 unspecified atom stereocenters. The van der Waals surface area contributed by atoms with E-state index in [-0.39, 0.29) is 18.4 Å². The molecular weight excluding hydrogens is 422 g/mol. The lowest BCUT2D eigenvalue weighted by Gasteiger charge is -2.34. The second-order valence-corrected chi connectivity index (χ2v) is 9.59. The van der Waals surface area contributed by atoms with Gasteiger partial charge in [-0.15, -0.1) is 11.8 Å². The molecule has 2 aromatic carbocycles. The molecule has 1 heterocycles. The number of para-hydroxylation sites is 1. The highest BCUT2D eigenvalue weighted by Crippen LogP contribution is 2.37. The van der Waals surface area contributed by atoms with Crippen molar-refractivity contribution in [2.45, 2.75) is 55.2 Å². The molecule has 2 aromatic rings. The first-order valence-electron chi connectivity index (χ1n) is 11.2. The number of hydrogen-bond donors (Lipinski definition) is 2. The molecule has 0 radical (unpaired) electrons. The Morgan fingerprint density at radius 3 is 2.50 bits per heavy atom. The zero-order valence-electron chi connectivity index (χ0n) is 18.3. The number of amides is 4. The summed E-state index contributed by atoms with van der Waals surface area (Å²) in [6, 6.07) is 17.2. The number of thioether (sulfide) groups is 1. The van der Waals surface area contributed by atoms with Gasteiger partial charge in [0.1, 0.15) is 12.1 Å². The van der Waals surface area contributed by atoms with Crippen molar-refractivity contribution in [2.75, 3.05) is 11.9 Å². The number of nitrogens with zero attached hydrogens (tertiary/aromatic N) is 1. The van der Waals surface area contributed by atoms with E-state index in [1.807, 2.05) is 42.5 Å². The van der Waals surface area contributed by atoms with Gasteiger partial charge in [-0.05, 0) is 49.3 Å². The first kappa shape index (κ1) is 22.4. The van der Waals surface area contributed by atoms with Crippen LogP contribution in [-0.4, -0.2) is 34.8 Å². The van der Waals surface area contributed by atoms with E-state index in [2.05, 4.69) is 29.7 Å². The molecule has 0 aromatic heterocycles. The normalized spacial score (nSPS) is 22.8. The maximum atomic E-state index is 13.1. The van der Waals surface area contributed by atoms with Crippen molar-refractivity contribution in [3.63, 3.8) is 0 Å². The Morgan fingerprint density at radius 1 is 1.09 bits per heavy atom. The first-order chi connectivity index (χ1) is 15.5. The van der Waals surface area contributed by atoms with Gasteiger partial charge in [0.05, 0.1) is 5.69 Å². The van der Waals surface area contributed by atoms with Gasteiger partial charge in [0.25, 0.3) is 5.91 Å². The van der Waals surface area contributed by atoms with Crippen LogP contribution in [0.4, 0.5) is 10.5 Å². The third-order valence-electron chi connectivity index (χ3n) is 6.48. The Balaban J connectivity index is 1.38. The first-order valence-corrected chi connectivity index (χ1v) is 12.2. The number of nitrogens with one attached hydrogen (secondary N) is 2. The molecule has 1 saturated carbocycles. The van der Waals surface area contributed by atoms with Crippen molar-refractivity contribution in [1.82, 2.24) is 10.2 Å². The summed E-state index contributed by atoms with van der Waals surface area (Å²) < 4.78 is 0. The van der Waals surface area contributed by atoms with Crippen LogP contribution in [0, 0.1) is 5.92 Å². The number of carbonyl (C=O) groups excluding carboxylic acids is 3. The fraction of sp³-hybridized carbons (Fsp3) is 0.400. The number of rotatable bonds is 7. The predicted molar refractivity (Wildman–Crippen MR) is 126 cm³/mol. The molecular formula is C25H29N3O3S. The molecule has 1 aliphatic carbocycles. The molecule has 2 N–H and O–H groups in total. The Labute approximate surface area is 193 Å². The van der Waals surface area contributed by atoms with Crippen LogP contribution >= 0.6 is 11.8 Å². The molecule has 6 nitrogen and oxygen atoms in total. The van der Waals surface area contributed by atoms with Crippen LogP contribution in [0.25, 0.3) is 0 Å². The fourth-order valence-corrected chi connectivity index (χ4v) is 5.47. The van der Waals surface area contributed by atoms with E-state index in [0.717, 1.165) is 34.8 Å². The number of urea groups is 1. The molecule has 2 fully saturated rings. The maximum absolute atomic E-state index is 13.1. The molecule has 1 spiro atoms. The molecule has 0 bridgehead atoms. The summed E-state index contributed by atoms with van der Waals surface area (Å²) in [7, 11) is 0. The minimum absolute atomic E-state index is 0.265. The van der Waals surface area contributed by atoms with E-state index in [1.54, 1.807) is 11.8 Å². The summed E-state index contributed by atoms with van der Waals surface area (Å²) >= 11 is 1.63. The van der Waals surface area contributed by atoms with Crippen LogP contribution in [0.5, 0.6) is 0 Å². The Hall–Kier alpha value is -2.80. The van der Waals surface area contributed by atoms with E-state index < -0.39 is 11.6 Å². The summed E-state index contributed by atoms with van der Waals surface area (Å²) in [5.74, 6) is 0.745. The number of anilines is 1. The standard InChI is InChI=1S/C25H29N3O3S/c1-2-18-12-14-25(15-13-18)23(30)28(24(31)27-25)16-22(29)26-20-10-6-7-11-21(20)32-17-19-8-4-3-5-9-19/h3-11,18H,2,12-17H2,1H3,(H,26,29)(H,27,31). The Kier molecular flexibility index (Phi) is 6.84. The van der Waals surface area contributed by atoms with Gasteiger partial charge in [-0.3, -0.25) is 14.5 Å². The third-order valence-corrected chi connectivity index (χ3v) is 7.63. The molecule has 0 atom stereocenters. The second-order valence-electron chi connectivity index (χ2n) is 8.57. The molecule has 4 rings (SSSR count). The zero-order valence-corrected chi connectivity index (χ0v) is 19.1. The third kappa shape index (κ3) is 4.83. The molecule has 4 amide bonds. The van der Waals surface area contributed by atoms with Gasteiger partial charge in [0, 0.05) is 10.6 Å². The lowest BCUT2D eigenvalue weighted by atomic mass is 9.75. The minimum Gasteiger partial charge on any atom is -0.324 e. The smallest absolute Gasteiger partial charge is 0.324 e. The van der Waals surface area contributed by atoms with Gasteiger partial charge in [-0.2, -0.15) is 0 Å². The molecule has 1 saturated heterocycles. The molecule has 168 valence electrons. The van der Waals surface area contributed by atoms with Gasteiger partial charge in [-0.25, -0.2) is 4.79 Å². The van der Waals surface area contributed by atoms with Gasteiger partial charge in [0.2, 0.25) is 5.91 Å². The average molecular weight is 452 g/mol. The van der Waals surface area contributed by atoms with Gasteiger partial charge in [-0.1, -0.05) is 55.8 Å². The fourth-order valence-electron chi connectivity index (χ4n) is 4.50. The van der Waals surface area contributed by atoms with Crippen molar-refractivity contribution < 1.29 is 14.4 Å². The van der Waals surface area contributed by atoms with E-state index >= 15 is 0 Å². The highest BCUT2D eigenvalue weighted by atomic mass is 32.2. The summed E-state index contributed by atoms with van der Waals surface area (Å²) in [5, 5.41) is 5.77. The Bertz CT molecular complexity index is 987. The Morgan fingerprint density at radius 2 is 1.78 bits per heavy atom. The highest BCUT2D eigenvalue weighted by molar-refractivity contribution is 7.98. The van der Waals surface area contributed by atoms with Crippen molar-refractivity contribution >= 4 is 35.3 Å². The summed E-state index contributed by atoms with van der Waals surface area (Å²) in [4.78, 5) is 40.4. The SMILES string of the molecule is CCC1CCC2(CC1)NC(=O)N(CC(=O)Nc1ccccc1SCc1ccccc1)C2=O. The van der Waals surface area contributed by atoms with Crippen molar-refractivity contribution in [1.29, 1.82) is 0 Å². The average Bonchev–Trinajstić information content (AvgIpc) is 3.03. The molecule has 32 heavy (non-hydrogen) atoms. The molecule has 7 heteroatoms. The second kappa shape index (κ2) is 9.77. The monoisotopic (exact) mass is 451 g/mol. The van der Waals surface area contributed by atoms with Gasteiger partial charge < -0.3 is 10.6 Å². The lowest BCUT2D eigenvalue weighted by molar-refractivity contribution is -0.135. The van der Waals surface area contributed by atoms with Crippen LogP contribution in [0.2, 0.25) is 0 Å². The van der Waals surface area contributed by atoms with E-state index in [0.29, 0.717) is 24.4 Å². The highest BCUT2D eigenvalue weighted by Gasteiger charge is 2.52. The van der Waals surface area contributed by atoms with E-state index in [1.165, 1.54) is 5.56 Å². The van der Waals surface area contributed by atoms with Crippen molar-refractivity contribution in [3.05, 3.63) is 60.2 Å². The van der Waals surface area contributed by atoms with Crippen molar-refractivity contribution in [2.24, 2.45) is 5.92 Å². The molecule has 2 aliphatic rings. The van der Waals surface area contributed by atoms with Crippen molar-refractivity contribution in [3.8, 4) is 0 Å². The molecule has 1 aliphatic heterocycles. The van der Waals surface area contributed by atoms with Crippen LogP contribution in [0.3, 0.4) is 0 Å². The largest absolute Gasteiger partial charge is 0.325 e. The number of hydrogen-bond acceptors (Lipinski definition) is 4. The maximum Gasteiger partial charge on any atom is 0.325 e. The van der Waals surface area contributed by atoms with Crippen LogP contribution in [0.1, 0.15) is 44.6 Å². The van der Waals surface area contributed by atoms with Gasteiger partial charge >= 0.3 is 6.03 Å². The summed E-state index contributed by atoms with van der Waals surface area (Å²) in [5.41, 5.74) is 1.05. The lowest BCUT2D eigenvalue weighted by Crippen LogP contribution is -2.49. The topological polar surface area (TPSA) is 78.5 Å². The summed E-state index contributed by atoms with van der Waals surface area (Å²) in [6.07, 6.45) is 4.23. The zero-order chi connectivity index (χ0) is 22.6.